The van der Waals surface area contributed by atoms with Crippen molar-refractivity contribution >= 4 is 17.7 Å². The van der Waals surface area contributed by atoms with Gasteiger partial charge in [-0.2, -0.15) is 0 Å². The Balaban J connectivity index is 1.25. The summed E-state index contributed by atoms with van der Waals surface area (Å²) in [5, 5.41) is 12.0. The van der Waals surface area contributed by atoms with Gasteiger partial charge in [-0.05, 0) is 75.6 Å². The van der Waals surface area contributed by atoms with Crippen molar-refractivity contribution in [3.05, 3.63) is 23.8 Å². The van der Waals surface area contributed by atoms with E-state index in [1.807, 2.05) is 6.08 Å². The van der Waals surface area contributed by atoms with Crippen LogP contribution in [0.4, 0.5) is 4.79 Å². The van der Waals surface area contributed by atoms with Crippen molar-refractivity contribution in [3.63, 3.8) is 0 Å². The van der Waals surface area contributed by atoms with E-state index >= 15 is 0 Å². The van der Waals surface area contributed by atoms with Crippen molar-refractivity contribution in [2.45, 2.75) is 110 Å². The zero-order valence-electron chi connectivity index (χ0n) is 26.9. The van der Waals surface area contributed by atoms with Crippen LogP contribution in [0, 0.1) is 34.5 Å². The summed E-state index contributed by atoms with van der Waals surface area (Å²) in [7, 11) is 0. The molecule has 44 heavy (non-hydrogen) atoms. The topological polar surface area (TPSA) is 112 Å². The lowest BCUT2D eigenvalue weighted by atomic mass is 9.46. The van der Waals surface area contributed by atoms with E-state index in [-0.39, 0.29) is 41.8 Å². The van der Waals surface area contributed by atoms with Crippen molar-refractivity contribution in [2.75, 3.05) is 32.8 Å². The lowest BCUT2D eigenvalue weighted by Gasteiger charge is -2.59. The molecule has 6 aliphatic rings. The summed E-state index contributed by atoms with van der Waals surface area (Å²) in [5.74, 6) is 0.0607. The molecule has 0 unspecified atom stereocenters. The molecule has 1 heterocycles. The molecule has 9 heteroatoms. The highest BCUT2D eigenvalue weighted by Crippen LogP contribution is 2.70. The minimum absolute atomic E-state index is 0.00754. The Morgan fingerprint density at radius 2 is 1.84 bits per heavy atom. The fraction of sp³-hybridized carbons (Fsp3) is 0.800. The van der Waals surface area contributed by atoms with Crippen LogP contribution in [-0.2, 0) is 28.5 Å². The minimum Gasteiger partial charge on any atom is -0.433 e. The van der Waals surface area contributed by atoms with Gasteiger partial charge in [0.1, 0.15) is 6.61 Å². The van der Waals surface area contributed by atoms with Gasteiger partial charge >= 0.3 is 6.16 Å². The molecule has 0 aromatic heterocycles. The minimum atomic E-state index is -1.32. The van der Waals surface area contributed by atoms with Crippen LogP contribution in [0.2, 0.25) is 0 Å². The van der Waals surface area contributed by atoms with Gasteiger partial charge in [-0.1, -0.05) is 58.6 Å². The van der Waals surface area contributed by atoms with Crippen molar-refractivity contribution in [1.82, 2.24) is 4.90 Å². The van der Waals surface area contributed by atoms with Crippen LogP contribution in [0.25, 0.3) is 0 Å². The summed E-state index contributed by atoms with van der Waals surface area (Å²) >= 11 is 0. The van der Waals surface area contributed by atoms with Crippen molar-refractivity contribution in [2.24, 2.45) is 34.5 Å². The largest absolute Gasteiger partial charge is 0.508 e. The monoisotopic (exact) mass is 613 g/mol. The van der Waals surface area contributed by atoms with Gasteiger partial charge in [0, 0.05) is 29.2 Å². The number of allylic oxidation sites excluding steroid dienone is 4. The predicted octanol–water partition coefficient (Wildman–Crippen LogP) is 5.00. The maximum Gasteiger partial charge on any atom is 0.508 e. The predicted molar refractivity (Wildman–Crippen MR) is 163 cm³/mol. The SMILES string of the molecule is CCN(CC)CCOC(=O)OCC(=O)[C@@]12O[C@H](C3CCCCC3)O[C@@H]1C[C@H]1[C@@H]3CCC4=CC(=O)C=C[C@]4(C)[C@H]3[C@@H](O)C[C@@]12C. The number of ketones is 2. The average Bonchev–Trinajstić information content (AvgIpc) is 3.52. The lowest BCUT2D eigenvalue weighted by Crippen LogP contribution is -2.63. The summed E-state index contributed by atoms with van der Waals surface area (Å²) in [6.07, 6.45) is 11.0. The third-order valence-corrected chi connectivity index (χ3v) is 12.5. The number of aliphatic hydroxyl groups is 1. The van der Waals surface area contributed by atoms with E-state index in [1.54, 1.807) is 12.2 Å². The number of rotatable bonds is 9. The van der Waals surface area contributed by atoms with Crippen molar-refractivity contribution in [3.8, 4) is 0 Å². The molecule has 9 nitrogen and oxygen atoms in total. The van der Waals surface area contributed by atoms with E-state index in [0.717, 1.165) is 57.2 Å². The average molecular weight is 614 g/mol. The van der Waals surface area contributed by atoms with E-state index in [4.69, 9.17) is 18.9 Å². The molecule has 1 N–H and O–H groups in total. The number of carbonyl (C=O) groups excluding carboxylic acids is 3. The number of aliphatic hydroxyl groups excluding tert-OH is 1. The maximum atomic E-state index is 14.4. The van der Waals surface area contributed by atoms with Gasteiger partial charge in [-0.25, -0.2) is 4.79 Å². The lowest BCUT2D eigenvalue weighted by molar-refractivity contribution is -0.209. The van der Waals surface area contributed by atoms with Crippen LogP contribution < -0.4 is 0 Å². The van der Waals surface area contributed by atoms with Crippen molar-refractivity contribution < 1.29 is 38.4 Å². The molecule has 5 fully saturated rings. The molecular formula is C35H51NO8. The molecule has 244 valence electrons. The zero-order chi connectivity index (χ0) is 31.3. The fourth-order valence-electron chi connectivity index (χ4n) is 10.3. The summed E-state index contributed by atoms with van der Waals surface area (Å²) in [6.45, 7) is 10.4. The second-order valence-electron chi connectivity index (χ2n) is 14.5. The molecule has 6 rings (SSSR count). The van der Waals surface area contributed by atoms with Gasteiger partial charge in [0.25, 0.3) is 0 Å². The Labute approximate surface area is 261 Å². The molecule has 0 aromatic rings. The zero-order valence-corrected chi connectivity index (χ0v) is 26.9. The summed E-state index contributed by atoms with van der Waals surface area (Å²) in [4.78, 5) is 41.3. The number of Topliss-reactive ketones (excluding diaryl/α,β-unsaturated/α-hetero) is 1. The van der Waals surface area contributed by atoms with E-state index in [9.17, 15) is 19.5 Å². The fourth-order valence-corrected chi connectivity index (χ4v) is 10.3. The normalized spacial score (nSPS) is 41.4. The first-order valence-electron chi connectivity index (χ1n) is 17.1. The second-order valence-corrected chi connectivity index (χ2v) is 14.5. The second kappa shape index (κ2) is 12.3. The first-order chi connectivity index (χ1) is 21.1. The third-order valence-electron chi connectivity index (χ3n) is 12.5. The molecule has 1 aliphatic heterocycles. The summed E-state index contributed by atoms with van der Waals surface area (Å²) in [5.41, 5.74) is -1.34. The van der Waals surface area contributed by atoms with Crippen LogP contribution in [0.5, 0.6) is 0 Å². The molecule has 0 spiro atoms. The van der Waals surface area contributed by atoms with Gasteiger partial charge in [-0.3, -0.25) is 9.59 Å². The first-order valence-corrected chi connectivity index (χ1v) is 17.1. The quantitative estimate of drug-likeness (QED) is 0.359. The third kappa shape index (κ3) is 5.10. The van der Waals surface area contributed by atoms with Gasteiger partial charge < -0.3 is 29.0 Å². The Morgan fingerprint density at radius 1 is 1.09 bits per heavy atom. The number of fused-ring (bicyclic) bond motifs is 7. The Kier molecular flexibility index (Phi) is 8.89. The standard InChI is InChI=1S/C35H51NO8/c1-5-36(6-2)16-17-41-32(40)42-21-28(39)35-29(43-31(44-35)22-10-8-7-9-11-22)19-26-25-13-12-23-18-24(37)14-15-33(23,3)30(25)27(38)20-34(26,35)4/h14-15,18,22,25-27,29-31,38H,5-13,16-17,19-21H2,1-4H3/t25-,26-,27-,29+,30+,31+,33-,34-,35+/m0/s1. The smallest absolute Gasteiger partial charge is 0.433 e. The number of likely N-dealkylation sites (N-methyl/N-ethyl adjacent to an activating group) is 1. The van der Waals surface area contributed by atoms with Gasteiger partial charge in [0.15, 0.2) is 24.3 Å². The van der Waals surface area contributed by atoms with Crippen LogP contribution in [0.3, 0.4) is 0 Å². The van der Waals surface area contributed by atoms with Gasteiger partial charge in [0.05, 0.1) is 12.2 Å². The molecule has 0 bridgehead atoms. The number of hydrogen-bond acceptors (Lipinski definition) is 9. The van der Waals surface area contributed by atoms with Gasteiger partial charge in [-0.15, -0.1) is 0 Å². The van der Waals surface area contributed by atoms with Crippen LogP contribution >= 0.6 is 0 Å². The van der Waals surface area contributed by atoms with Crippen LogP contribution in [0.1, 0.15) is 85.5 Å². The molecule has 4 saturated carbocycles. The van der Waals surface area contributed by atoms with Crippen molar-refractivity contribution in [1.29, 1.82) is 0 Å². The molecule has 0 aromatic carbocycles. The molecule has 0 radical (unpaired) electrons. The highest BCUT2D eigenvalue weighted by atomic mass is 16.8. The van der Waals surface area contributed by atoms with Crippen LogP contribution in [0.15, 0.2) is 23.8 Å². The Hall–Kier alpha value is -2.07. The number of ether oxygens (including phenoxy) is 4. The maximum absolute atomic E-state index is 14.4. The first kappa shape index (κ1) is 31.9. The summed E-state index contributed by atoms with van der Waals surface area (Å²) in [6, 6.07) is 0. The van der Waals surface area contributed by atoms with Gasteiger partial charge in [0.2, 0.25) is 5.78 Å². The molecule has 9 atom stereocenters. The molecule has 0 amide bonds. The summed E-state index contributed by atoms with van der Waals surface area (Å²) < 4.78 is 24.3. The highest BCUT2D eigenvalue weighted by molar-refractivity contribution is 6.01. The highest BCUT2D eigenvalue weighted by Gasteiger charge is 2.76. The number of carbonyl (C=O) groups is 3. The van der Waals surface area contributed by atoms with E-state index in [2.05, 4.69) is 32.6 Å². The molecule has 5 aliphatic carbocycles. The van der Waals surface area contributed by atoms with Crippen LogP contribution in [-0.4, -0.2) is 84.7 Å². The van der Waals surface area contributed by atoms with E-state index in [0.29, 0.717) is 19.4 Å². The Morgan fingerprint density at radius 3 is 2.57 bits per heavy atom. The molecule has 1 saturated heterocycles. The van der Waals surface area contributed by atoms with E-state index < -0.39 is 47.7 Å². The van der Waals surface area contributed by atoms with E-state index in [1.165, 1.54) is 6.42 Å². The number of nitrogens with zero attached hydrogens (tertiary/aromatic N) is 1. The molecular weight excluding hydrogens is 562 g/mol. The Bertz CT molecular complexity index is 1190. The number of hydrogen-bond donors (Lipinski definition) is 1.